The first-order valence-corrected chi connectivity index (χ1v) is 17.6. The van der Waals surface area contributed by atoms with Gasteiger partial charge in [-0.1, -0.05) is 107 Å². The molecule has 0 N–H and O–H groups in total. The van der Waals surface area contributed by atoms with Crippen LogP contribution in [0.15, 0.2) is 117 Å². The average Bonchev–Trinajstić information content (AvgIpc) is 3.46. The molecule has 6 aliphatic rings. The van der Waals surface area contributed by atoms with Gasteiger partial charge in [-0.25, -0.2) is 0 Å². The zero-order valence-electron chi connectivity index (χ0n) is 17.7. The Labute approximate surface area is 233 Å². The van der Waals surface area contributed by atoms with E-state index in [2.05, 4.69) is 78.2 Å². The van der Waals surface area contributed by atoms with E-state index >= 15 is 0 Å². The van der Waals surface area contributed by atoms with Crippen molar-refractivity contribution in [3.05, 3.63) is 87.6 Å². The lowest BCUT2D eigenvalue weighted by Gasteiger charge is -2.31. The number of rotatable bonds is 0. The summed E-state index contributed by atoms with van der Waals surface area (Å²) in [4.78, 5) is 16.2. The number of benzene rings is 2. The molecule has 0 saturated carbocycles. The molecule has 2 aliphatic carbocycles. The van der Waals surface area contributed by atoms with E-state index in [0.717, 1.165) is 0 Å². The topological polar surface area (TPSA) is 0 Å². The summed E-state index contributed by atoms with van der Waals surface area (Å²) in [5, 5.41) is 0.603. The van der Waals surface area contributed by atoms with Crippen LogP contribution in [0, 0.1) is 0 Å². The van der Waals surface area contributed by atoms with Crippen molar-refractivity contribution < 1.29 is 0 Å². The Hall–Kier alpha value is -0.0600. The molecule has 0 saturated heterocycles. The predicted octanol–water partition coefficient (Wildman–Crippen LogP) is 11.0. The number of hydrogen-bond acceptors (Lipinski definition) is 8. The Morgan fingerprint density at radius 3 is 2.12 bits per heavy atom. The average molecular weight is 585 g/mol. The Kier molecular flexibility index (Phi) is 5.66. The molecule has 34 heavy (non-hydrogen) atoms. The van der Waals surface area contributed by atoms with E-state index in [0.29, 0.717) is 5.25 Å². The number of hydrogen-bond donors (Lipinski definition) is 0. The van der Waals surface area contributed by atoms with Gasteiger partial charge in [-0.15, -0.1) is 11.8 Å². The minimum Gasteiger partial charge on any atom is -0.116 e. The molecule has 2 aromatic carbocycles. The summed E-state index contributed by atoms with van der Waals surface area (Å²) >= 11 is 16.0. The summed E-state index contributed by atoms with van der Waals surface area (Å²) in [6.07, 6.45) is 10.8. The van der Waals surface area contributed by atoms with Gasteiger partial charge in [-0.3, -0.25) is 0 Å². The standard InChI is InChI=1S/C26H16S8/c1-2-6-14-13(5-1)27-17-9-21-22(10-18(17)28-14)32-25(31-21)26-33-23-11-19-20(12-24(23)34-26)30-16-8-4-3-7-15(16)29-19/h1-3,5-7,9-10,12,19H,4,8,11H2. The van der Waals surface area contributed by atoms with Gasteiger partial charge in [-0.05, 0) is 49.6 Å². The minimum absolute atomic E-state index is 0.603. The Bertz CT molecular complexity index is 1380. The van der Waals surface area contributed by atoms with E-state index in [1.165, 1.54) is 66.9 Å². The van der Waals surface area contributed by atoms with Crippen molar-refractivity contribution in [2.75, 3.05) is 0 Å². The zero-order valence-corrected chi connectivity index (χ0v) is 24.2. The van der Waals surface area contributed by atoms with Crippen molar-refractivity contribution >= 4 is 94.1 Å². The Balaban J connectivity index is 1.04. The maximum absolute atomic E-state index is 2.51. The molecule has 168 valence electrons. The first-order valence-electron chi connectivity index (χ1n) is 11.0. The summed E-state index contributed by atoms with van der Waals surface area (Å²) in [5.74, 6) is 0. The normalized spacial score (nSPS) is 24.4. The van der Waals surface area contributed by atoms with Crippen LogP contribution >= 0.6 is 94.1 Å². The lowest BCUT2D eigenvalue weighted by atomic mass is 10.1. The molecule has 8 rings (SSSR count). The maximum atomic E-state index is 2.51. The van der Waals surface area contributed by atoms with Crippen LogP contribution in [0.3, 0.4) is 0 Å². The van der Waals surface area contributed by atoms with Crippen molar-refractivity contribution in [1.82, 2.24) is 0 Å². The summed E-state index contributed by atoms with van der Waals surface area (Å²) in [7, 11) is 0. The molecule has 2 aromatic rings. The van der Waals surface area contributed by atoms with E-state index in [1.54, 1.807) is 14.7 Å². The smallest absolute Gasteiger partial charge is 0.0706 e. The molecule has 8 heteroatoms. The van der Waals surface area contributed by atoms with Crippen LogP contribution < -0.4 is 0 Å². The molecule has 1 atom stereocenters. The van der Waals surface area contributed by atoms with Gasteiger partial charge < -0.3 is 0 Å². The summed E-state index contributed by atoms with van der Waals surface area (Å²) in [5.41, 5.74) is 0. The molecular formula is C26H16S8. The lowest BCUT2D eigenvalue weighted by molar-refractivity contribution is 0.993. The molecule has 0 fully saturated rings. The quantitative estimate of drug-likeness (QED) is 0.253. The summed E-state index contributed by atoms with van der Waals surface area (Å²) in [6.45, 7) is 0. The second kappa shape index (κ2) is 8.76. The SMILES string of the molecule is C1=CC2=C(CC1)SC1=CC3=C(CC1S2)SC(=C1Sc2cc4c(cc2S1)Sc1ccccc1S4)S3. The van der Waals surface area contributed by atoms with Crippen LogP contribution in [-0.4, -0.2) is 5.25 Å². The van der Waals surface area contributed by atoms with Gasteiger partial charge in [0.1, 0.15) is 0 Å². The van der Waals surface area contributed by atoms with Crippen LogP contribution in [0.2, 0.25) is 0 Å². The number of fused-ring (bicyclic) bond motifs is 4. The van der Waals surface area contributed by atoms with Gasteiger partial charge in [0.25, 0.3) is 0 Å². The van der Waals surface area contributed by atoms with Crippen molar-refractivity contribution in [1.29, 1.82) is 0 Å². The highest BCUT2D eigenvalue weighted by molar-refractivity contribution is 8.32. The van der Waals surface area contributed by atoms with Crippen LogP contribution in [0.25, 0.3) is 0 Å². The van der Waals surface area contributed by atoms with Gasteiger partial charge in [0, 0.05) is 59.1 Å². The monoisotopic (exact) mass is 584 g/mol. The maximum Gasteiger partial charge on any atom is 0.0706 e. The van der Waals surface area contributed by atoms with Gasteiger partial charge >= 0.3 is 0 Å². The predicted molar refractivity (Wildman–Crippen MR) is 159 cm³/mol. The van der Waals surface area contributed by atoms with E-state index in [4.69, 9.17) is 0 Å². The van der Waals surface area contributed by atoms with E-state index in [9.17, 15) is 0 Å². The van der Waals surface area contributed by atoms with Gasteiger partial charge in [0.05, 0.1) is 8.47 Å². The molecule has 0 spiro atoms. The van der Waals surface area contributed by atoms with Crippen molar-refractivity contribution in [3.63, 3.8) is 0 Å². The van der Waals surface area contributed by atoms with Crippen molar-refractivity contribution in [3.8, 4) is 0 Å². The second-order valence-corrected chi connectivity index (χ2v) is 17.7. The molecule has 0 aromatic heterocycles. The van der Waals surface area contributed by atoms with E-state index in [-0.39, 0.29) is 0 Å². The molecule has 0 amide bonds. The van der Waals surface area contributed by atoms with Crippen LogP contribution in [-0.2, 0) is 0 Å². The van der Waals surface area contributed by atoms with E-state index in [1.807, 2.05) is 70.6 Å². The highest BCUT2D eigenvalue weighted by Crippen LogP contribution is 2.65. The second-order valence-electron chi connectivity index (χ2n) is 8.35. The third-order valence-electron chi connectivity index (χ3n) is 6.12. The van der Waals surface area contributed by atoms with Crippen LogP contribution in [0.4, 0.5) is 0 Å². The first-order chi connectivity index (χ1) is 16.8. The molecular weight excluding hydrogens is 569 g/mol. The summed E-state index contributed by atoms with van der Waals surface area (Å²) in [6, 6.07) is 13.6. The highest BCUT2D eigenvalue weighted by atomic mass is 32.2. The van der Waals surface area contributed by atoms with Gasteiger partial charge in [0.2, 0.25) is 0 Å². The molecule has 1 unspecified atom stereocenters. The largest absolute Gasteiger partial charge is 0.116 e. The molecule has 0 bridgehead atoms. The molecule has 0 radical (unpaired) electrons. The molecule has 0 nitrogen and oxygen atoms in total. The third kappa shape index (κ3) is 3.78. The van der Waals surface area contributed by atoms with Crippen molar-refractivity contribution in [2.45, 2.75) is 53.9 Å². The third-order valence-corrected chi connectivity index (χ3v) is 17.2. The minimum atomic E-state index is 0.603. The lowest BCUT2D eigenvalue weighted by Crippen LogP contribution is -2.14. The first kappa shape index (κ1) is 22.0. The Morgan fingerprint density at radius 1 is 0.647 bits per heavy atom. The van der Waals surface area contributed by atoms with Crippen molar-refractivity contribution in [2.24, 2.45) is 0 Å². The van der Waals surface area contributed by atoms with Crippen LogP contribution in [0.1, 0.15) is 19.3 Å². The number of thioether (sulfide) groups is 6. The van der Waals surface area contributed by atoms with E-state index < -0.39 is 0 Å². The zero-order chi connectivity index (χ0) is 22.2. The van der Waals surface area contributed by atoms with Gasteiger partial charge in [0.15, 0.2) is 0 Å². The fourth-order valence-corrected chi connectivity index (χ4v) is 15.4. The molecule has 4 aliphatic heterocycles. The molecule has 4 heterocycles. The highest BCUT2D eigenvalue weighted by Gasteiger charge is 2.36. The fourth-order valence-electron chi connectivity index (χ4n) is 4.49. The van der Waals surface area contributed by atoms with Crippen LogP contribution in [0.5, 0.6) is 0 Å². The fraction of sp³-hybridized carbons (Fsp3) is 0.154. The summed E-state index contributed by atoms with van der Waals surface area (Å²) < 4.78 is 2.96. The Morgan fingerprint density at radius 2 is 1.35 bits per heavy atom. The van der Waals surface area contributed by atoms with Gasteiger partial charge in [-0.2, -0.15) is 0 Å². The number of allylic oxidation sites excluding steroid dienone is 5.